The number of carbonyl (C=O) groups is 1. The Morgan fingerprint density at radius 2 is 1.63 bits per heavy atom. The summed E-state index contributed by atoms with van der Waals surface area (Å²) in [5.41, 5.74) is 8.94. The van der Waals surface area contributed by atoms with Crippen LogP contribution in [0, 0.1) is 6.92 Å². The van der Waals surface area contributed by atoms with E-state index in [-0.39, 0.29) is 12.5 Å². The number of nitrogens with zero attached hydrogens (tertiary/aromatic N) is 2. The van der Waals surface area contributed by atoms with Gasteiger partial charge in [0.15, 0.2) is 5.58 Å². The number of anilines is 2. The second-order valence-electron chi connectivity index (χ2n) is 9.43. The third-order valence-electron chi connectivity index (χ3n) is 7.01. The largest absolute Gasteiger partial charge is 0.417 e. The second-order valence-corrected chi connectivity index (χ2v) is 9.43. The number of aryl methyl sites for hydroxylation is 1. The van der Waals surface area contributed by atoms with Gasteiger partial charge in [-0.2, -0.15) is 0 Å². The van der Waals surface area contributed by atoms with Crippen molar-refractivity contribution in [2.75, 3.05) is 11.4 Å². The van der Waals surface area contributed by atoms with Crippen molar-refractivity contribution in [3.63, 3.8) is 0 Å². The first-order valence-corrected chi connectivity index (χ1v) is 12.3. The molecule has 0 spiro atoms. The fourth-order valence-corrected chi connectivity index (χ4v) is 5.17. The molecule has 0 radical (unpaired) electrons. The predicted octanol–water partition coefficient (Wildman–Crippen LogP) is 6.09. The third kappa shape index (κ3) is 3.56. The number of carbonyl (C=O) groups excluding carboxylic acids is 1. The Hall–Kier alpha value is -5.17. The lowest BCUT2D eigenvalue weighted by atomic mass is 9.98. The highest BCUT2D eigenvalue weighted by atomic mass is 16.4. The molecule has 0 bridgehead atoms. The van der Waals surface area contributed by atoms with Crippen LogP contribution in [0.4, 0.5) is 11.4 Å². The number of amides is 1. The van der Waals surface area contributed by atoms with Gasteiger partial charge in [0.25, 0.3) is 5.91 Å². The zero-order chi connectivity index (χ0) is 25.8. The standard InChI is InChI=1S/C31H22N4O3/c1-18-5-7-20(8-6-18)30-24-15-26-28(38-31(37)34-26)16-27(24)35(29(36)17-33-30)21-11-9-19(10-12-21)22-3-2-4-25-23(22)13-14-32-25/h2-16,32H,17H2,1H3,(H,34,37). The first-order valence-electron chi connectivity index (χ1n) is 12.3. The Balaban J connectivity index is 1.38. The van der Waals surface area contributed by atoms with Crippen LogP contribution in [0.25, 0.3) is 33.1 Å². The molecule has 184 valence electrons. The van der Waals surface area contributed by atoms with Crippen LogP contribution in [-0.2, 0) is 4.79 Å². The number of benzene rings is 4. The SMILES string of the molecule is Cc1ccc(C2=NCC(=O)N(c3ccc(-c4cccc5[nH]ccc45)cc3)c3cc4oc(=O)[nH]c4cc32)cc1. The highest BCUT2D eigenvalue weighted by Gasteiger charge is 2.28. The van der Waals surface area contributed by atoms with Crippen LogP contribution in [0.5, 0.6) is 0 Å². The fourth-order valence-electron chi connectivity index (χ4n) is 5.17. The van der Waals surface area contributed by atoms with Crippen molar-refractivity contribution in [3.8, 4) is 11.1 Å². The van der Waals surface area contributed by atoms with Crippen LogP contribution in [0.3, 0.4) is 0 Å². The van der Waals surface area contributed by atoms with Gasteiger partial charge in [-0.25, -0.2) is 4.79 Å². The van der Waals surface area contributed by atoms with Crippen LogP contribution < -0.4 is 10.7 Å². The minimum absolute atomic E-state index is 0.0137. The van der Waals surface area contributed by atoms with Gasteiger partial charge in [-0.05, 0) is 48.4 Å². The smallest absolute Gasteiger partial charge is 0.408 e. The molecule has 0 unspecified atom stereocenters. The van der Waals surface area contributed by atoms with Gasteiger partial charge in [0.1, 0.15) is 6.54 Å². The number of oxazole rings is 1. The molecule has 0 atom stereocenters. The first kappa shape index (κ1) is 22.1. The molecule has 0 saturated heterocycles. The van der Waals surface area contributed by atoms with Gasteiger partial charge in [-0.3, -0.25) is 19.7 Å². The van der Waals surface area contributed by atoms with E-state index in [4.69, 9.17) is 9.41 Å². The molecule has 0 fully saturated rings. The predicted molar refractivity (Wildman–Crippen MR) is 149 cm³/mol. The van der Waals surface area contributed by atoms with Crippen molar-refractivity contribution in [2.45, 2.75) is 6.92 Å². The number of fused-ring (bicyclic) bond motifs is 3. The van der Waals surface area contributed by atoms with Crippen molar-refractivity contribution in [2.24, 2.45) is 4.99 Å². The first-order chi connectivity index (χ1) is 18.5. The van der Waals surface area contributed by atoms with Crippen molar-refractivity contribution in [1.82, 2.24) is 9.97 Å². The molecule has 4 aromatic carbocycles. The van der Waals surface area contributed by atoms with Gasteiger partial charge in [-0.1, -0.05) is 54.1 Å². The molecule has 38 heavy (non-hydrogen) atoms. The van der Waals surface area contributed by atoms with Crippen molar-refractivity contribution < 1.29 is 9.21 Å². The molecule has 0 saturated carbocycles. The third-order valence-corrected chi connectivity index (χ3v) is 7.01. The molecule has 7 rings (SSSR count). The van der Waals surface area contributed by atoms with Crippen molar-refractivity contribution in [3.05, 3.63) is 118 Å². The van der Waals surface area contributed by atoms with E-state index in [1.165, 1.54) is 0 Å². The summed E-state index contributed by atoms with van der Waals surface area (Å²) in [6.45, 7) is 2.01. The molecule has 0 aliphatic carbocycles. The van der Waals surface area contributed by atoms with E-state index >= 15 is 0 Å². The topological polar surface area (TPSA) is 94.5 Å². The van der Waals surface area contributed by atoms with Gasteiger partial charge in [-0.15, -0.1) is 0 Å². The number of aromatic amines is 2. The molecule has 3 heterocycles. The Morgan fingerprint density at radius 1 is 0.842 bits per heavy atom. The number of rotatable bonds is 3. The van der Waals surface area contributed by atoms with E-state index in [0.717, 1.165) is 38.7 Å². The highest BCUT2D eigenvalue weighted by molar-refractivity contribution is 6.22. The summed E-state index contributed by atoms with van der Waals surface area (Å²) in [5.74, 6) is -0.721. The molecule has 1 aliphatic rings. The van der Waals surface area contributed by atoms with Crippen LogP contribution in [0.2, 0.25) is 0 Å². The van der Waals surface area contributed by atoms with Gasteiger partial charge in [0.05, 0.1) is 16.9 Å². The second kappa shape index (κ2) is 8.45. The summed E-state index contributed by atoms with van der Waals surface area (Å²) < 4.78 is 5.37. The summed E-state index contributed by atoms with van der Waals surface area (Å²) in [6, 6.07) is 27.7. The Bertz CT molecular complexity index is 1940. The van der Waals surface area contributed by atoms with Crippen LogP contribution in [0.1, 0.15) is 16.7 Å². The Kier molecular flexibility index (Phi) is 4.91. The Labute approximate surface area is 217 Å². The number of aliphatic imine (C=N–C) groups is 1. The lowest BCUT2D eigenvalue weighted by Crippen LogP contribution is -2.27. The van der Waals surface area contributed by atoms with Gasteiger partial charge < -0.3 is 9.40 Å². The molecule has 7 nitrogen and oxygen atoms in total. The normalized spacial score (nSPS) is 13.6. The summed E-state index contributed by atoms with van der Waals surface area (Å²) in [7, 11) is 0. The number of hydrogen-bond donors (Lipinski definition) is 2. The minimum Gasteiger partial charge on any atom is -0.408 e. The van der Waals surface area contributed by atoms with Gasteiger partial charge in [0, 0.05) is 40.0 Å². The quantitative estimate of drug-likeness (QED) is 0.309. The zero-order valence-electron chi connectivity index (χ0n) is 20.5. The number of H-pyrrole nitrogens is 2. The maximum absolute atomic E-state index is 13.6. The maximum Gasteiger partial charge on any atom is 0.417 e. The average molecular weight is 499 g/mol. The van der Waals surface area contributed by atoms with E-state index in [9.17, 15) is 9.59 Å². The molecule has 7 heteroatoms. The van der Waals surface area contributed by atoms with Gasteiger partial charge >= 0.3 is 5.76 Å². The summed E-state index contributed by atoms with van der Waals surface area (Å²) in [4.78, 5) is 37.9. The monoisotopic (exact) mass is 498 g/mol. The summed E-state index contributed by atoms with van der Waals surface area (Å²) in [6.07, 6.45) is 1.93. The van der Waals surface area contributed by atoms with E-state index in [1.807, 2.05) is 79.9 Å². The van der Waals surface area contributed by atoms with Crippen LogP contribution in [0.15, 0.2) is 105 Å². The highest BCUT2D eigenvalue weighted by Crippen LogP contribution is 2.37. The number of nitrogens with one attached hydrogen (secondary N) is 2. The zero-order valence-corrected chi connectivity index (χ0v) is 20.5. The summed E-state index contributed by atoms with van der Waals surface area (Å²) >= 11 is 0. The van der Waals surface area contributed by atoms with E-state index in [0.29, 0.717) is 28.2 Å². The summed E-state index contributed by atoms with van der Waals surface area (Å²) in [5, 5.41) is 1.14. The number of aromatic nitrogens is 2. The lowest BCUT2D eigenvalue weighted by Gasteiger charge is -2.23. The number of hydrogen-bond acceptors (Lipinski definition) is 4. The molecule has 1 aliphatic heterocycles. The van der Waals surface area contributed by atoms with Crippen molar-refractivity contribution >= 4 is 45.0 Å². The maximum atomic E-state index is 13.6. The molecule has 2 N–H and O–H groups in total. The lowest BCUT2D eigenvalue weighted by molar-refractivity contribution is -0.116. The fraction of sp³-hybridized carbons (Fsp3) is 0.0645. The Morgan fingerprint density at radius 3 is 2.45 bits per heavy atom. The molecule has 1 amide bonds. The molecule has 6 aromatic rings. The van der Waals surface area contributed by atoms with E-state index in [2.05, 4.69) is 22.1 Å². The average Bonchev–Trinajstić information content (AvgIpc) is 3.52. The molecular weight excluding hydrogens is 476 g/mol. The van der Waals surface area contributed by atoms with Crippen LogP contribution >= 0.6 is 0 Å². The van der Waals surface area contributed by atoms with E-state index in [1.54, 1.807) is 11.0 Å². The van der Waals surface area contributed by atoms with Crippen molar-refractivity contribution in [1.29, 1.82) is 0 Å². The van der Waals surface area contributed by atoms with Gasteiger partial charge in [0.2, 0.25) is 0 Å². The molecular formula is C31H22N4O3. The van der Waals surface area contributed by atoms with E-state index < -0.39 is 5.76 Å². The minimum atomic E-state index is -0.546. The molecule has 2 aromatic heterocycles. The van der Waals surface area contributed by atoms with Crippen LogP contribution in [-0.4, -0.2) is 28.1 Å².